The van der Waals surface area contributed by atoms with Crippen LogP contribution in [0.3, 0.4) is 0 Å². The molecule has 1 aliphatic carbocycles. The average Bonchev–Trinajstić information content (AvgIpc) is 2.60. The van der Waals surface area contributed by atoms with Gasteiger partial charge >= 0.3 is 0 Å². The van der Waals surface area contributed by atoms with Crippen LogP contribution in [0.15, 0.2) is 36.4 Å². The Morgan fingerprint density at radius 3 is 2.92 bits per heavy atom. The molecule has 0 radical (unpaired) electrons. The van der Waals surface area contributed by atoms with Gasteiger partial charge in [0.05, 0.1) is 18.2 Å². The van der Waals surface area contributed by atoms with Crippen molar-refractivity contribution in [1.82, 2.24) is 0 Å². The number of carbonyl (C=O) groups is 1. The van der Waals surface area contributed by atoms with Crippen molar-refractivity contribution in [3.8, 4) is 11.5 Å². The number of methoxy groups -OCH3 is 1. The van der Waals surface area contributed by atoms with E-state index in [1.807, 2.05) is 18.2 Å². The number of aliphatic hydroxyl groups is 1. The quantitative estimate of drug-likeness (QED) is 0.851. The number of nitrogens with one attached hydrogen (secondary N) is 1. The van der Waals surface area contributed by atoms with Gasteiger partial charge in [0, 0.05) is 5.69 Å². The van der Waals surface area contributed by atoms with Crippen LogP contribution in [0.5, 0.6) is 11.5 Å². The minimum Gasteiger partial charge on any atom is -0.495 e. The number of halogens is 1. The third-order valence-corrected chi connectivity index (χ3v) is 4.52. The second-order valence-corrected chi connectivity index (χ2v) is 6.33. The van der Waals surface area contributed by atoms with Gasteiger partial charge in [-0.25, -0.2) is 0 Å². The van der Waals surface area contributed by atoms with Crippen LogP contribution < -0.4 is 14.8 Å². The Morgan fingerprint density at radius 2 is 2.16 bits per heavy atom. The van der Waals surface area contributed by atoms with Crippen LogP contribution in [0, 0.1) is 0 Å². The largest absolute Gasteiger partial charge is 0.495 e. The van der Waals surface area contributed by atoms with Crippen molar-refractivity contribution in [1.29, 1.82) is 0 Å². The van der Waals surface area contributed by atoms with E-state index in [-0.39, 0.29) is 12.5 Å². The number of anilines is 1. The summed E-state index contributed by atoms with van der Waals surface area (Å²) in [6, 6.07) is 10.6. The lowest BCUT2D eigenvalue weighted by Crippen LogP contribution is -2.21. The summed E-state index contributed by atoms with van der Waals surface area (Å²) >= 11 is 6.05. The van der Waals surface area contributed by atoms with Gasteiger partial charge in [0.2, 0.25) is 0 Å². The summed E-state index contributed by atoms with van der Waals surface area (Å²) in [4.78, 5) is 12.1. The lowest BCUT2D eigenvalue weighted by molar-refractivity contribution is -0.118. The third kappa shape index (κ3) is 4.06. The van der Waals surface area contributed by atoms with Crippen molar-refractivity contribution >= 4 is 23.2 Å². The molecule has 2 aromatic carbocycles. The molecule has 0 bridgehead atoms. The van der Waals surface area contributed by atoms with Crippen molar-refractivity contribution in [3.05, 3.63) is 52.5 Å². The van der Waals surface area contributed by atoms with E-state index in [9.17, 15) is 9.90 Å². The molecule has 1 unspecified atom stereocenters. The topological polar surface area (TPSA) is 67.8 Å². The smallest absolute Gasteiger partial charge is 0.262 e. The molecule has 132 valence electrons. The average molecular weight is 362 g/mol. The maximum Gasteiger partial charge on any atom is 0.262 e. The molecule has 25 heavy (non-hydrogen) atoms. The summed E-state index contributed by atoms with van der Waals surface area (Å²) in [6.45, 7) is -0.115. The normalized spacial score (nSPS) is 16.0. The molecule has 0 heterocycles. The Labute approximate surface area is 151 Å². The van der Waals surface area contributed by atoms with Gasteiger partial charge in [0.15, 0.2) is 6.61 Å². The first-order chi connectivity index (χ1) is 12.1. The SMILES string of the molecule is COc1ccc(NC(=O)COc2cccc3c2CCCC3O)cc1Cl. The van der Waals surface area contributed by atoms with Gasteiger partial charge in [0.1, 0.15) is 11.5 Å². The van der Waals surface area contributed by atoms with Crippen molar-refractivity contribution in [2.24, 2.45) is 0 Å². The highest BCUT2D eigenvalue weighted by Crippen LogP contribution is 2.35. The predicted octanol–water partition coefficient (Wildman–Crippen LogP) is 3.74. The highest BCUT2D eigenvalue weighted by Gasteiger charge is 2.21. The van der Waals surface area contributed by atoms with Crippen LogP contribution in [0.4, 0.5) is 5.69 Å². The van der Waals surface area contributed by atoms with E-state index < -0.39 is 6.10 Å². The van der Waals surface area contributed by atoms with Gasteiger partial charge in [-0.2, -0.15) is 0 Å². The number of carbonyl (C=O) groups excluding carboxylic acids is 1. The van der Waals surface area contributed by atoms with Crippen LogP contribution in [0.2, 0.25) is 5.02 Å². The second-order valence-electron chi connectivity index (χ2n) is 5.92. The van der Waals surface area contributed by atoms with Crippen molar-refractivity contribution in [2.45, 2.75) is 25.4 Å². The van der Waals surface area contributed by atoms with Crippen molar-refractivity contribution < 1.29 is 19.4 Å². The Morgan fingerprint density at radius 1 is 1.32 bits per heavy atom. The fourth-order valence-electron chi connectivity index (χ4n) is 3.01. The van der Waals surface area contributed by atoms with E-state index in [4.69, 9.17) is 21.1 Å². The fourth-order valence-corrected chi connectivity index (χ4v) is 3.27. The van der Waals surface area contributed by atoms with Crippen LogP contribution in [-0.2, 0) is 11.2 Å². The predicted molar refractivity (Wildman–Crippen MR) is 96.5 cm³/mol. The molecule has 1 aliphatic rings. The van der Waals surface area contributed by atoms with Gasteiger partial charge in [-0.1, -0.05) is 23.7 Å². The minimum atomic E-state index is -0.456. The molecule has 0 spiro atoms. The fraction of sp³-hybridized carbons (Fsp3) is 0.316. The summed E-state index contributed by atoms with van der Waals surface area (Å²) in [5, 5.41) is 13.2. The monoisotopic (exact) mass is 361 g/mol. The zero-order valence-electron chi connectivity index (χ0n) is 13.9. The maximum absolute atomic E-state index is 12.1. The first kappa shape index (κ1) is 17.6. The summed E-state index contributed by atoms with van der Waals surface area (Å²) in [5.41, 5.74) is 2.46. The summed E-state index contributed by atoms with van der Waals surface area (Å²) in [6.07, 6.45) is 2.06. The number of rotatable bonds is 5. The molecule has 0 fully saturated rings. The second kappa shape index (κ2) is 7.76. The molecular weight excluding hydrogens is 342 g/mol. The van der Waals surface area contributed by atoms with E-state index in [0.29, 0.717) is 22.2 Å². The lowest BCUT2D eigenvalue weighted by Gasteiger charge is -2.23. The molecule has 5 nitrogen and oxygen atoms in total. The van der Waals surface area contributed by atoms with Crippen LogP contribution in [0.25, 0.3) is 0 Å². The number of aliphatic hydroxyl groups excluding tert-OH is 1. The molecule has 0 saturated heterocycles. The molecule has 6 heteroatoms. The molecule has 1 atom stereocenters. The Kier molecular flexibility index (Phi) is 5.46. The molecule has 0 aromatic heterocycles. The van der Waals surface area contributed by atoms with Gasteiger partial charge in [-0.3, -0.25) is 4.79 Å². The molecule has 1 amide bonds. The Hall–Kier alpha value is -2.24. The molecule has 2 aromatic rings. The van der Waals surface area contributed by atoms with Crippen LogP contribution in [-0.4, -0.2) is 24.7 Å². The summed E-state index contributed by atoms with van der Waals surface area (Å²) in [5.74, 6) is 0.916. The molecule has 0 aliphatic heterocycles. The maximum atomic E-state index is 12.1. The number of amides is 1. The van der Waals surface area contributed by atoms with E-state index in [1.54, 1.807) is 18.2 Å². The van der Waals surface area contributed by atoms with Gasteiger partial charge in [-0.05, 0) is 54.7 Å². The van der Waals surface area contributed by atoms with Gasteiger partial charge in [-0.15, -0.1) is 0 Å². The zero-order chi connectivity index (χ0) is 17.8. The van der Waals surface area contributed by atoms with E-state index >= 15 is 0 Å². The van der Waals surface area contributed by atoms with Crippen molar-refractivity contribution in [2.75, 3.05) is 19.0 Å². The first-order valence-corrected chi connectivity index (χ1v) is 8.52. The van der Waals surface area contributed by atoms with E-state index in [1.165, 1.54) is 7.11 Å². The molecule has 2 N–H and O–H groups in total. The number of hydrogen-bond acceptors (Lipinski definition) is 4. The summed E-state index contributed by atoms with van der Waals surface area (Å²) < 4.78 is 10.8. The van der Waals surface area contributed by atoms with Crippen molar-refractivity contribution in [3.63, 3.8) is 0 Å². The Balaban J connectivity index is 1.63. The Bertz CT molecular complexity index is 778. The molecule has 3 rings (SSSR count). The van der Waals surface area contributed by atoms with Crippen LogP contribution >= 0.6 is 11.6 Å². The molecule has 0 saturated carbocycles. The van der Waals surface area contributed by atoms with Gasteiger partial charge < -0.3 is 19.9 Å². The highest BCUT2D eigenvalue weighted by molar-refractivity contribution is 6.32. The minimum absolute atomic E-state index is 0.115. The number of fused-ring (bicyclic) bond motifs is 1. The standard InChI is InChI=1S/C19H20ClNO4/c1-24-18-9-8-12(10-15(18)20)21-19(23)11-25-17-7-3-4-13-14(17)5-2-6-16(13)22/h3-4,7-10,16,22H,2,5-6,11H2,1H3,(H,21,23). The number of hydrogen-bond donors (Lipinski definition) is 2. The highest BCUT2D eigenvalue weighted by atomic mass is 35.5. The van der Waals surface area contributed by atoms with Crippen LogP contribution in [0.1, 0.15) is 30.1 Å². The summed E-state index contributed by atoms with van der Waals surface area (Å²) in [7, 11) is 1.53. The first-order valence-electron chi connectivity index (χ1n) is 8.14. The molecular formula is C19H20ClNO4. The van der Waals surface area contributed by atoms with Gasteiger partial charge in [0.25, 0.3) is 5.91 Å². The third-order valence-electron chi connectivity index (χ3n) is 4.23. The van der Waals surface area contributed by atoms with E-state index in [0.717, 1.165) is 30.4 Å². The number of benzene rings is 2. The zero-order valence-corrected chi connectivity index (χ0v) is 14.7. The lowest BCUT2D eigenvalue weighted by atomic mass is 9.89. The van der Waals surface area contributed by atoms with E-state index in [2.05, 4.69) is 5.32 Å². The number of ether oxygens (including phenoxy) is 2.